The van der Waals surface area contributed by atoms with Gasteiger partial charge >= 0.3 is 6.18 Å². The number of nitrogens with zero attached hydrogens (tertiary/aromatic N) is 9. The number of ether oxygens (including phenoxy) is 1. The van der Waals surface area contributed by atoms with Crippen LogP contribution in [0.5, 0.6) is 0 Å². The van der Waals surface area contributed by atoms with Crippen molar-refractivity contribution in [3.8, 4) is 0 Å². The zero-order chi connectivity index (χ0) is 79.5. The van der Waals surface area contributed by atoms with E-state index in [4.69, 9.17) is 4.74 Å². The summed E-state index contributed by atoms with van der Waals surface area (Å²) in [7, 11) is 11.0. The van der Waals surface area contributed by atoms with E-state index in [9.17, 15) is 50.7 Å². The van der Waals surface area contributed by atoms with Crippen molar-refractivity contribution in [2.24, 2.45) is 35.5 Å². The first-order chi connectivity index (χ1) is 50.2. The fourth-order valence-electron chi connectivity index (χ4n) is 17.1. The zero-order valence-electron chi connectivity index (χ0n) is 64.7. The van der Waals surface area contributed by atoms with Crippen molar-refractivity contribution < 1.29 is 93.0 Å². The van der Waals surface area contributed by atoms with E-state index in [0.29, 0.717) is 44.9 Å². The molecule has 7 rings (SSSR count). The number of amides is 12. The van der Waals surface area contributed by atoms with Gasteiger partial charge in [0.15, 0.2) is 0 Å². The summed E-state index contributed by atoms with van der Waals surface area (Å²) in [5, 5.41) is 8.51. The van der Waals surface area contributed by atoms with Gasteiger partial charge in [0, 0.05) is 95.3 Å². The number of rotatable bonds is 13. The second kappa shape index (κ2) is 37.5. The largest absolute Gasteiger partial charge is 0.397 e. The normalized spacial score (nSPS) is 31.4. The summed E-state index contributed by atoms with van der Waals surface area (Å²) in [4.78, 5) is 192. The van der Waals surface area contributed by atoms with Crippen LogP contribution in [0.15, 0.2) is 12.2 Å². The number of fused-ring (bicyclic) bond motifs is 3. The minimum absolute atomic E-state index is 0.0439. The Kier molecular flexibility index (Phi) is 30.5. The molecule has 6 fully saturated rings. The van der Waals surface area contributed by atoms with Gasteiger partial charge in [-0.3, -0.25) is 57.5 Å². The van der Waals surface area contributed by atoms with Crippen LogP contribution in [0.2, 0.25) is 0 Å². The van der Waals surface area contributed by atoms with Crippen LogP contribution in [-0.2, 0) is 62.3 Å². The molecule has 4 saturated carbocycles. The van der Waals surface area contributed by atoms with Gasteiger partial charge in [0.25, 0.3) is 0 Å². The molecule has 604 valence electrons. The lowest BCUT2D eigenvalue weighted by atomic mass is 9.76. The van der Waals surface area contributed by atoms with Gasteiger partial charge in [-0.2, -0.15) is 13.2 Å². The Morgan fingerprint density at radius 3 is 1.85 bits per heavy atom. The third-order valence-electron chi connectivity index (χ3n) is 23.7. The second-order valence-electron chi connectivity index (χ2n) is 32.0. The molecule has 3 N–H and O–H groups in total. The molecule has 0 aromatic heterocycles. The van der Waals surface area contributed by atoms with E-state index < -0.39 is 237 Å². The predicted octanol–water partition coefficient (Wildman–Crippen LogP) is 6.20. The lowest BCUT2D eigenvalue weighted by Gasteiger charge is -2.42. The summed E-state index contributed by atoms with van der Waals surface area (Å²) >= 11 is 0. The van der Waals surface area contributed by atoms with Gasteiger partial charge in [0.05, 0.1) is 25.6 Å². The molecule has 25 nitrogen and oxygen atoms in total. The summed E-state index contributed by atoms with van der Waals surface area (Å²) in [6.07, 6.45) is -8.47. The van der Waals surface area contributed by atoms with Crippen molar-refractivity contribution in [1.29, 1.82) is 0 Å². The van der Waals surface area contributed by atoms with E-state index in [1.807, 2.05) is 13.8 Å². The smallest absolute Gasteiger partial charge is 0.377 e. The van der Waals surface area contributed by atoms with Crippen molar-refractivity contribution in [3.05, 3.63) is 12.2 Å². The first-order valence-electron chi connectivity index (χ1n) is 38.5. The van der Waals surface area contributed by atoms with Crippen molar-refractivity contribution in [2.75, 3.05) is 89.2 Å². The Hall–Kier alpha value is -7.15. The van der Waals surface area contributed by atoms with E-state index in [2.05, 4.69) is 16.0 Å². The average molecular weight is 1530 g/mol. The van der Waals surface area contributed by atoms with Gasteiger partial charge in [0.1, 0.15) is 72.1 Å². The Balaban J connectivity index is 1.33. The highest BCUT2D eigenvalue weighted by Gasteiger charge is 2.56. The minimum atomic E-state index is -5.21. The summed E-state index contributed by atoms with van der Waals surface area (Å²) in [6.45, 7) is 7.03. The Labute approximate surface area is 625 Å². The molecule has 0 aromatic rings. The van der Waals surface area contributed by atoms with Crippen LogP contribution >= 0.6 is 0 Å². The molecule has 2 unspecified atom stereocenters. The highest BCUT2D eigenvalue weighted by molar-refractivity contribution is 6.01. The van der Waals surface area contributed by atoms with Crippen LogP contribution < -0.4 is 16.0 Å². The minimum Gasteiger partial charge on any atom is -0.377 e. The van der Waals surface area contributed by atoms with Crippen molar-refractivity contribution >= 4 is 70.9 Å². The molecule has 2 bridgehead atoms. The monoisotopic (exact) mass is 1530 g/mol. The number of alkyl halides is 7. The molecular formula is C75H117F7N12O13. The number of carbonyl (C=O) groups excluding carboxylic acids is 12. The standard InChI is InChI=1S/C75H117F7N12O13/c1-14-45(5)62-70(104)88(9)43-60(97)89(10)53-25-17-16-22-34-93(69(53)103)57(38-46-28-32-74(78,79)33-29-46)68(102)87(8)42-58(95)83-52(27-26-47-36-50(76)61(51(77)37-47)75(80,81)82)66(100)94-41-49(107-15-2)39-55(94)65(99)85-73(30-20-21-31-73)72(106)92(13)63(48-23-18-19-24-48)71(105)91(12)56(67(101)86(6)7)40-59(96)90(11)54(35-44(3)4)64(98)84-62/h16-17,44-57,61-63H,14-15,18-43H2,1-13H3,(H,83,95)(H,84,98)(H,85,99)/b17-16-/t45-,47?,49+,50?,51?,52-,53-,54-,55-,56-,57-,61?,62-,63-/m0/s1. The maximum absolute atomic E-state index is 15.7. The Morgan fingerprint density at radius 2 is 1.27 bits per heavy atom. The Morgan fingerprint density at radius 1 is 0.654 bits per heavy atom. The third kappa shape index (κ3) is 21.5. The number of nitrogens with one attached hydrogen (secondary N) is 3. The maximum atomic E-state index is 15.7. The molecule has 3 aliphatic heterocycles. The third-order valence-corrected chi connectivity index (χ3v) is 23.7. The van der Waals surface area contributed by atoms with E-state index in [1.165, 1.54) is 76.0 Å². The summed E-state index contributed by atoms with van der Waals surface area (Å²) in [5.74, 6) is -18.1. The molecule has 12 atom stereocenters. The summed E-state index contributed by atoms with van der Waals surface area (Å²) in [6, 6.07) is -11.2. The van der Waals surface area contributed by atoms with E-state index >= 15 is 37.5 Å². The van der Waals surface area contributed by atoms with Gasteiger partial charge in [-0.25, -0.2) is 17.6 Å². The predicted molar refractivity (Wildman–Crippen MR) is 381 cm³/mol. The van der Waals surface area contributed by atoms with Crippen molar-refractivity contribution in [3.63, 3.8) is 0 Å². The molecule has 7 aliphatic rings. The molecule has 0 aromatic carbocycles. The van der Waals surface area contributed by atoms with Crippen molar-refractivity contribution in [2.45, 2.75) is 267 Å². The number of hydrogen-bond donors (Lipinski definition) is 3. The maximum Gasteiger partial charge on any atom is 0.397 e. The average Bonchev–Trinajstić information content (AvgIpc) is 1.71. The molecule has 2 saturated heterocycles. The van der Waals surface area contributed by atoms with E-state index in [0.717, 1.165) is 24.5 Å². The molecule has 0 radical (unpaired) electrons. The van der Waals surface area contributed by atoms with Crippen LogP contribution in [0.1, 0.15) is 182 Å². The molecule has 32 heteroatoms. The van der Waals surface area contributed by atoms with Crippen LogP contribution in [0.25, 0.3) is 0 Å². The zero-order valence-corrected chi connectivity index (χ0v) is 64.7. The van der Waals surface area contributed by atoms with Crippen LogP contribution in [0.3, 0.4) is 0 Å². The topological polar surface area (TPSA) is 279 Å². The van der Waals surface area contributed by atoms with E-state index in [1.54, 1.807) is 32.9 Å². The summed E-state index contributed by atoms with van der Waals surface area (Å²) < 4.78 is 109. The number of hydrogen-bond acceptors (Lipinski definition) is 13. The van der Waals surface area contributed by atoms with Gasteiger partial charge < -0.3 is 64.8 Å². The number of halogens is 7. The quantitative estimate of drug-likeness (QED) is 0.137. The fourth-order valence-corrected chi connectivity index (χ4v) is 17.1. The molecule has 3 heterocycles. The first-order valence-corrected chi connectivity index (χ1v) is 38.5. The summed E-state index contributed by atoms with van der Waals surface area (Å²) in [5.41, 5.74) is -1.71. The molecule has 107 heavy (non-hydrogen) atoms. The highest BCUT2D eigenvalue weighted by Crippen LogP contribution is 2.45. The van der Waals surface area contributed by atoms with Gasteiger partial charge in [-0.1, -0.05) is 72.0 Å². The highest BCUT2D eigenvalue weighted by atomic mass is 19.4. The lowest BCUT2D eigenvalue weighted by molar-refractivity contribution is -0.219. The van der Waals surface area contributed by atoms with Crippen LogP contribution in [0, 0.1) is 35.5 Å². The first kappa shape index (κ1) is 87.1. The molecule has 1 spiro atoms. The van der Waals surface area contributed by atoms with Gasteiger partial charge in [-0.05, 0) is 126 Å². The van der Waals surface area contributed by atoms with Crippen molar-refractivity contribution in [1.82, 2.24) is 60.0 Å². The van der Waals surface area contributed by atoms with Gasteiger partial charge in [0.2, 0.25) is 76.8 Å². The molecular weight excluding hydrogens is 1410 g/mol. The number of carbonyl (C=O) groups is 12. The Bertz CT molecular complexity index is 3190. The number of likely N-dealkylation sites (N-methyl/N-ethyl adjacent to an activating group) is 7. The SMILES string of the molecule is CCO[C@@H]1C[C@H]2C(=O)NC3(CCCC3)C(=O)N(C)[C@@H](C3CCCC3)C(=O)N(C)[C@H](C(=O)N(C)C)CC(=O)N(C)[C@@H](CC(C)C)C(=O)N[C@@H]([C@@H](C)CC)C(=O)N(C)CC(=O)N(C)[C@H]3C/C=C\CCN(C3=O)[C@@H](CC3CCC(F)(F)CC3)C(=O)N(C)CC(=O)N[C@@H](CCC3CC(F)C(C(F)(F)F)C(F)C3)C(=O)N2C1. The fraction of sp³-hybridized carbons (Fsp3) is 0.813. The van der Waals surface area contributed by atoms with E-state index in [-0.39, 0.29) is 89.8 Å². The molecule has 12 amide bonds. The second-order valence-corrected chi connectivity index (χ2v) is 32.0. The van der Waals surface area contributed by atoms with Gasteiger partial charge in [-0.15, -0.1) is 0 Å². The molecule has 4 aliphatic carbocycles. The van der Waals surface area contributed by atoms with Crippen LogP contribution in [-0.4, -0.2) is 289 Å². The lowest BCUT2D eigenvalue weighted by Crippen LogP contribution is -2.65. The van der Waals surface area contributed by atoms with Crippen LogP contribution in [0.4, 0.5) is 30.7 Å².